The Morgan fingerprint density at radius 2 is 1.79 bits per heavy atom. The van der Waals surface area contributed by atoms with E-state index in [2.05, 4.69) is 46.2 Å². The van der Waals surface area contributed by atoms with E-state index in [-0.39, 0.29) is 11.9 Å². The minimum atomic E-state index is 0.0394. The number of para-hydroxylation sites is 1. The highest BCUT2D eigenvalue weighted by atomic mass is 16.6. The molecule has 202 valence electrons. The van der Waals surface area contributed by atoms with E-state index in [1.165, 1.54) is 11.1 Å². The maximum atomic E-state index is 13.8. The van der Waals surface area contributed by atoms with E-state index in [0.717, 1.165) is 81.5 Å². The summed E-state index contributed by atoms with van der Waals surface area (Å²) in [4.78, 5) is 20.5. The summed E-state index contributed by atoms with van der Waals surface area (Å²) in [5, 5.41) is 0. The van der Waals surface area contributed by atoms with E-state index in [1.54, 1.807) is 19.6 Å². The molecule has 1 saturated heterocycles. The molecule has 0 bridgehead atoms. The van der Waals surface area contributed by atoms with Crippen LogP contribution in [-0.2, 0) is 15.9 Å². The van der Waals surface area contributed by atoms with E-state index in [4.69, 9.17) is 14.2 Å². The number of amides is 1. The maximum absolute atomic E-state index is 13.8. The minimum Gasteiger partial charge on any atom is -0.497 e. The Labute approximate surface area is 230 Å². The number of nitrogens with zero attached hydrogens (tertiary/aromatic N) is 3. The van der Waals surface area contributed by atoms with Gasteiger partial charge in [0.05, 0.1) is 13.2 Å². The highest BCUT2D eigenvalue weighted by Crippen LogP contribution is 2.33. The smallest absolute Gasteiger partial charge is 0.258 e. The lowest BCUT2D eigenvalue weighted by Gasteiger charge is -2.42. The topological polar surface area (TPSA) is 54.5 Å². The van der Waals surface area contributed by atoms with Gasteiger partial charge in [-0.25, -0.2) is 0 Å². The van der Waals surface area contributed by atoms with Crippen LogP contribution in [0, 0.1) is 0 Å². The van der Waals surface area contributed by atoms with E-state index >= 15 is 0 Å². The van der Waals surface area contributed by atoms with Crippen LogP contribution in [0.3, 0.4) is 0 Å². The number of rotatable bonds is 6. The number of benzene rings is 2. The zero-order valence-electron chi connectivity index (χ0n) is 22.4. The number of carbonyl (C=O) groups is 1. The molecule has 39 heavy (non-hydrogen) atoms. The molecule has 1 unspecified atom stereocenters. The summed E-state index contributed by atoms with van der Waals surface area (Å²) in [5.41, 5.74) is 4.10. The molecule has 0 N–H and O–H groups in total. The van der Waals surface area contributed by atoms with Gasteiger partial charge >= 0.3 is 0 Å². The Bertz CT molecular complexity index is 1320. The predicted octanol–water partition coefficient (Wildman–Crippen LogP) is 5.24. The lowest BCUT2D eigenvalue weighted by atomic mass is 9.94. The molecule has 0 radical (unpaired) electrons. The maximum Gasteiger partial charge on any atom is 0.258 e. The summed E-state index contributed by atoms with van der Waals surface area (Å²) in [6.45, 7) is 4.33. The Kier molecular flexibility index (Phi) is 7.41. The number of methoxy groups -OCH3 is 1. The first-order valence-electron chi connectivity index (χ1n) is 13.8. The van der Waals surface area contributed by atoms with E-state index < -0.39 is 0 Å². The number of hydrogen-bond donors (Lipinski definition) is 0. The van der Waals surface area contributed by atoms with Crippen LogP contribution in [0.15, 0.2) is 96.5 Å². The first-order valence-corrected chi connectivity index (χ1v) is 13.8. The lowest BCUT2D eigenvalue weighted by Crippen LogP contribution is -2.54. The number of anilines is 1. The molecular formula is C32H35N3O4. The molecule has 2 aromatic carbocycles. The van der Waals surface area contributed by atoms with Crippen LogP contribution in [0.4, 0.5) is 5.69 Å². The average Bonchev–Trinajstić information content (AvgIpc) is 3.01. The van der Waals surface area contributed by atoms with Gasteiger partial charge in [-0.15, -0.1) is 0 Å². The van der Waals surface area contributed by atoms with Crippen LogP contribution in [0.25, 0.3) is 0 Å². The summed E-state index contributed by atoms with van der Waals surface area (Å²) < 4.78 is 17.2. The molecule has 1 amide bonds. The summed E-state index contributed by atoms with van der Waals surface area (Å²) in [6.07, 6.45) is 13.7. The zero-order valence-corrected chi connectivity index (χ0v) is 22.4. The fourth-order valence-corrected chi connectivity index (χ4v) is 5.77. The van der Waals surface area contributed by atoms with Crippen molar-refractivity contribution in [1.29, 1.82) is 0 Å². The number of aryl methyl sites for hydroxylation is 1. The molecule has 2 aromatic rings. The van der Waals surface area contributed by atoms with Crippen LogP contribution in [-0.4, -0.2) is 61.6 Å². The highest BCUT2D eigenvalue weighted by Gasteiger charge is 2.34. The molecule has 3 aliphatic heterocycles. The molecule has 0 aromatic heterocycles. The van der Waals surface area contributed by atoms with Crippen LogP contribution in [0.5, 0.6) is 5.75 Å². The normalized spacial score (nSPS) is 21.2. The third-order valence-electron chi connectivity index (χ3n) is 7.98. The second-order valence-corrected chi connectivity index (χ2v) is 10.3. The van der Waals surface area contributed by atoms with Gasteiger partial charge in [-0.3, -0.25) is 9.69 Å². The number of fused-ring (bicyclic) bond motifs is 1. The molecule has 3 heterocycles. The predicted molar refractivity (Wildman–Crippen MR) is 151 cm³/mol. The molecule has 1 fully saturated rings. The quantitative estimate of drug-likeness (QED) is 0.514. The molecule has 1 aliphatic carbocycles. The van der Waals surface area contributed by atoms with E-state index in [1.807, 2.05) is 35.2 Å². The minimum absolute atomic E-state index is 0.0394. The van der Waals surface area contributed by atoms with Crippen molar-refractivity contribution >= 4 is 11.6 Å². The molecule has 0 spiro atoms. The van der Waals surface area contributed by atoms with Crippen LogP contribution in [0.1, 0.15) is 35.2 Å². The monoisotopic (exact) mass is 525 g/mol. The second kappa shape index (κ2) is 11.4. The van der Waals surface area contributed by atoms with Gasteiger partial charge in [0.25, 0.3) is 5.91 Å². The van der Waals surface area contributed by atoms with Crippen molar-refractivity contribution in [3.05, 3.63) is 108 Å². The van der Waals surface area contributed by atoms with E-state index in [9.17, 15) is 4.79 Å². The van der Waals surface area contributed by atoms with Crippen molar-refractivity contribution in [2.75, 3.05) is 44.7 Å². The van der Waals surface area contributed by atoms with Crippen molar-refractivity contribution in [1.82, 2.24) is 9.80 Å². The van der Waals surface area contributed by atoms with E-state index in [0.29, 0.717) is 5.56 Å². The first-order chi connectivity index (χ1) is 19.2. The third-order valence-corrected chi connectivity index (χ3v) is 7.98. The fraction of sp³-hybridized carbons (Fsp3) is 0.344. The summed E-state index contributed by atoms with van der Waals surface area (Å²) in [5.74, 6) is 2.34. The van der Waals surface area contributed by atoms with Gasteiger partial charge < -0.3 is 24.0 Å². The SMILES string of the molecule is COc1ccc(C(=O)N2c3ccccc3CCC2CN2CCN(C3=COC(C4=CC=CCC4)=CO3)CC2)cc1. The summed E-state index contributed by atoms with van der Waals surface area (Å²) in [6, 6.07) is 15.8. The molecule has 4 aliphatic rings. The van der Waals surface area contributed by atoms with Crippen molar-refractivity contribution in [3.8, 4) is 5.75 Å². The molecular weight excluding hydrogens is 490 g/mol. The van der Waals surface area contributed by atoms with Crippen molar-refractivity contribution in [3.63, 3.8) is 0 Å². The van der Waals surface area contributed by atoms with Crippen LogP contribution >= 0.6 is 0 Å². The van der Waals surface area contributed by atoms with Gasteiger partial charge in [-0.05, 0) is 67.2 Å². The molecule has 1 atom stereocenters. The summed E-state index contributed by atoms with van der Waals surface area (Å²) >= 11 is 0. The third kappa shape index (κ3) is 5.45. The number of ether oxygens (including phenoxy) is 3. The second-order valence-electron chi connectivity index (χ2n) is 10.3. The molecule has 6 rings (SSSR count). The van der Waals surface area contributed by atoms with Crippen molar-refractivity contribution in [2.24, 2.45) is 0 Å². The fourth-order valence-electron chi connectivity index (χ4n) is 5.77. The lowest BCUT2D eigenvalue weighted by molar-refractivity contribution is 0.0791. The molecule has 7 nitrogen and oxygen atoms in total. The van der Waals surface area contributed by atoms with Crippen LogP contribution in [0.2, 0.25) is 0 Å². The van der Waals surface area contributed by atoms with Gasteiger partial charge in [-0.1, -0.05) is 36.4 Å². The first kappa shape index (κ1) is 25.3. The van der Waals surface area contributed by atoms with Crippen molar-refractivity contribution < 1.29 is 19.0 Å². The Morgan fingerprint density at radius 1 is 0.974 bits per heavy atom. The Morgan fingerprint density at radius 3 is 2.51 bits per heavy atom. The largest absolute Gasteiger partial charge is 0.497 e. The molecule has 0 saturated carbocycles. The average molecular weight is 526 g/mol. The Hall–Kier alpha value is -3.97. The highest BCUT2D eigenvalue weighted by molar-refractivity contribution is 6.07. The summed E-state index contributed by atoms with van der Waals surface area (Å²) in [7, 11) is 1.64. The number of piperazine rings is 1. The number of allylic oxidation sites excluding steroid dienone is 4. The van der Waals surface area contributed by atoms with Crippen molar-refractivity contribution in [2.45, 2.75) is 31.7 Å². The number of hydrogen-bond acceptors (Lipinski definition) is 6. The van der Waals surface area contributed by atoms with Gasteiger partial charge in [0.2, 0.25) is 5.88 Å². The Balaban J connectivity index is 1.10. The van der Waals surface area contributed by atoms with Gasteiger partial charge in [0.1, 0.15) is 12.0 Å². The van der Waals surface area contributed by atoms with Gasteiger partial charge in [-0.2, -0.15) is 0 Å². The standard InChI is InChI=1S/C32H35N3O4/c1-37-28-15-12-26(13-16-28)32(36)35-27(14-11-24-7-5-6-10-29(24)35)21-33-17-19-34(20-18-33)31-23-38-30(22-39-31)25-8-3-2-4-9-25/h2-3,5-8,10,12-13,15-16,22-23,27H,4,9,11,14,17-21H2,1H3. The van der Waals surface area contributed by atoms with Gasteiger partial charge in [0.15, 0.2) is 12.0 Å². The molecule has 7 heteroatoms. The van der Waals surface area contributed by atoms with Gasteiger partial charge in [0, 0.05) is 44.0 Å². The zero-order chi connectivity index (χ0) is 26.6. The number of carbonyl (C=O) groups excluding carboxylic acids is 1. The van der Waals surface area contributed by atoms with Crippen LogP contribution < -0.4 is 9.64 Å².